The van der Waals surface area contributed by atoms with Gasteiger partial charge in [0, 0.05) is 11.6 Å². The Morgan fingerprint density at radius 3 is 2.62 bits per heavy atom. The lowest BCUT2D eigenvalue weighted by atomic mass is 10.0. The maximum absolute atomic E-state index is 13.9. The monoisotopic (exact) mass is 289 g/mol. The fraction of sp³-hybridized carbons (Fsp3) is 0.250. The highest BCUT2D eigenvalue weighted by molar-refractivity contribution is 5.37. The predicted molar refractivity (Wildman–Crippen MR) is 77.9 cm³/mol. The van der Waals surface area contributed by atoms with Crippen LogP contribution >= 0.6 is 0 Å². The molecule has 0 unspecified atom stereocenters. The number of nitrogens with zero attached hydrogens (tertiary/aromatic N) is 1. The first-order valence-electron chi connectivity index (χ1n) is 6.63. The van der Waals surface area contributed by atoms with E-state index in [4.69, 9.17) is 4.74 Å². The number of ether oxygens (including phenoxy) is 1. The van der Waals surface area contributed by atoms with Crippen molar-refractivity contribution < 1.29 is 14.1 Å². The molecule has 0 aliphatic heterocycles. The molecule has 0 radical (unpaired) electrons. The molecule has 0 amide bonds. The molecule has 0 aliphatic rings. The first kappa shape index (κ1) is 15.0. The van der Waals surface area contributed by atoms with Crippen LogP contribution in [0.25, 0.3) is 0 Å². The third-order valence-electron chi connectivity index (χ3n) is 3.17. The Hall–Kier alpha value is -2.43. The summed E-state index contributed by atoms with van der Waals surface area (Å²) in [4.78, 5) is 9.95. The van der Waals surface area contributed by atoms with Gasteiger partial charge in [0.2, 0.25) is 5.82 Å². The summed E-state index contributed by atoms with van der Waals surface area (Å²) in [6.07, 6.45) is 0. The fourth-order valence-corrected chi connectivity index (χ4v) is 1.94. The van der Waals surface area contributed by atoms with E-state index < -0.39 is 16.4 Å². The first-order valence-corrected chi connectivity index (χ1v) is 6.63. The molecule has 0 saturated heterocycles. The zero-order valence-electron chi connectivity index (χ0n) is 11.9. The van der Waals surface area contributed by atoms with Crippen LogP contribution < -0.4 is 4.74 Å². The minimum Gasteiger partial charge on any atom is -0.489 e. The van der Waals surface area contributed by atoms with Crippen LogP contribution in [0.2, 0.25) is 0 Å². The van der Waals surface area contributed by atoms with E-state index in [0.29, 0.717) is 11.7 Å². The largest absolute Gasteiger partial charge is 0.489 e. The van der Waals surface area contributed by atoms with Gasteiger partial charge in [-0.1, -0.05) is 38.1 Å². The van der Waals surface area contributed by atoms with E-state index in [1.165, 1.54) is 12.1 Å². The quantitative estimate of drug-likeness (QED) is 0.604. The van der Waals surface area contributed by atoms with Crippen molar-refractivity contribution in [3.05, 3.63) is 69.5 Å². The Morgan fingerprint density at radius 2 is 1.95 bits per heavy atom. The Labute approximate surface area is 122 Å². The van der Waals surface area contributed by atoms with E-state index in [9.17, 15) is 14.5 Å². The SMILES string of the molecule is CC(C)c1cccc(OCc2cccc([N+](=O)[O-])c2F)c1. The van der Waals surface area contributed by atoms with Gasteiger partial charge in [0.1, 0.15) is 12.4 Å². The van der Waals surface area contributed by atoms with Crippen LogP contribution in [0.3, 0.4) is 0 Å². The molecule has 0 fully saturated rings. The van der Waals surface area contributed by atoms with E-state index in [1.54, 1.807) is 6.07 Å². The predicted octanol–water partition coefficient (Wildman–Crippen LogP) is 4.44. The number of nitro groups is 1. The van der Waals surface area contributed by atoms with Crippen molar-refractivity contribution in [2.45, 2.75) is 26.4 Å². The molecule has 0 spiro atoms. The summed E-state index contributed by atoms with van der Waals surface area (Å²) in [6, 6.07) is 11.6. The topological polar surface area (TPSA) is 52.4 Å². The average molecular weight is 289 g/mol. The number of hydrogen-bond acceptors (Lipinski definition) is 3. The molecule has 110 valence electrons. The molecule has 0 atom stereocenters. The van der Waals surface area contributed by atoms with Crippen molar-refractivity contribution in [3.8, 4) is 5.75 Å². The van der Waals surface area contributed by atoms with E-state index in [2.05, 4.69) is 13.8 Å². The summed E-state index contributed by atoms with van der Waals surface area (Å²) in [7, 11) is 0. The van der Waals surface area contributed by atoms with Gasteiger partial charge in [-0.05, 0) is 23.6 Å². The Kier molecular flexibility index (Phi) is 4.52. The molecule has 2 aromatic rings. The number of halogens is 1. The number of hydrogen-bond donors (Lipinski definition) is 0. The number of rotatable bonds is 5. The van der Waals surface area contributed by atoms with Crippen LogP contribution in [0.1, 0.15) is 30.9 Å². The van der Waals surface area contributed by atoms with Crippen LogP contribution in [0.4, 0.5) is 10.1 Å². The van der Waals surface area contributed by atoms with E-state index in [-0.39, 0.29) is 12.2 Å². The normalized spacial score (nSPS) is 10.7. The van der Waals surface area contributed by atoms with Gasteiger partial charge in [-0.15, -0.1) is 0 Å². The van der Waals surface area contributed by atoms with Gasteiger partial charge in [0.15, 0.2) is 0 Å². The second-order valence-corrected chi connectivity index (χ2v) is 5.02. The molecule has 4 nitrogen and oxygen atoms in total. The lowest BCUT2D eigenvalue weighted by molar-refractivity contribution is -0.387. The molecule has 0 N–H and O–H groups in total. The number of nitro benzene ring substituents is 1. The lowest BCUT2D eigenvalue weighted by Crippen LogP contribution is -2.02. The smallest absolute Gasteiger partial charge is 0.305 e. The van der Waals surface area contributed by atoms with E-state index in [0.717, 1.165) is 11.6 Å². The summed E-state index contributed by atoms with van der Waals surface area (Å²) in [6.45, 7) is 4.09. The first-order chi connectivity index (χ1) is 9.99. The van der Waals surface area contributed by atoms with Gasteiger partial charge in [-0.2, -0.15) is 4.39 Å². The van der Waals surface area contributed by atoms with Crippen molar-refractivity contribution in [2.75, 3.05) is 0 Å². The van der Waals surface area contributed by atoms with Gasteiger partial charge in [-0.25, -0.2) is 0 Å². The summed E-state index contributed by atoms with van der Waals surface area (Å²) in [5.74, 6) is 0.137. The molecule has 21 heavy (non-hydrogen) atoms. The van der Waals surface area contributed by atoms with Crippen LogP contribution in [0.5, 0.6) is 5.75 Å². The zero-order valence-corrected chi connectivity index (χ0v) is 11.9. The molecule has 0 aromatic heterocycles. The summed E-state index contributed by atoms with van der Waals surface area (Å²) >= 11 is 0. The van der Waals surface area contributed by atoms with Gasteiger partial charge >= 0.3 is 5.69 Å². The highest BCUT2D eigenvalue weighted by Gasteiger charge is 2.17. The summed E-state index contributed by atoms with van der Waals surface area (Å²) < 4.78 is 19.4. The second-order valence-electron chi connectivity index (χ2n) is 5.02. The Bertz CT molecular complexity index is 656. The second kappa shape index (κ2) is 6.35. The maximum atomic E-state index is 13.9. The van der Waals surface area contributed by atoms with Crippen molar-refractivity contribution >= 4 is 5.69 Å². The van der Waals surface area contributed by atoms with Gasteiger partial charge in [0.25, 0.3) is 0 Å². The molecular formula is C16H16FNO3. The highest BCUT2D eigenvalue weighted by Crippen LogP contribution is 2.23. The van der Waals surface area contributed by atoms with E-state index in [1.807, 2.05) is 18.2 Å². The van der Waals surface area contributed by atoms with Gasteiger partial charge in [0.05, 0.1) is 4.92 Å². The third kappa shape index (κ3) is 3.56. The van der Waals surface area contributed by atoms with Crippen LogP contribution in [0, 0.1) is 15.9 Å². The average Bonchev–Trinajstić information content (AvgIpc) is 2.46. The maximum Gasteiger partial charge on any atom is 0.305 e. The minimum absolute atomic E-state index is 0.0466. The molecule has 0 bridgehead atoms. The lowest BCUT2D eigenvalue weighted by Gasteiger charge is -2.10. The van der Waals surface area contributed by atoms with E-state index >= 15 is 0 Å². The molecule has 0 saturated carbocycles. The highest BCUT2D eigenvalue weighted by atomic mass is 19.1. The molecule has 0 aliphatic carbocycles. The number of benzene rings is 2. The molecule has 2 rings (SSSR count). The van der Waals surface area contributed by atoms with Gasteiger partial charge < -0.3 is 4.74 Å². The van der Waals surface area contributed by atoms with Crippen LogP contribution in [-0.2, 0) is 6.61 Å². The van der Waals surface area contributed by atoms with Crippen molar-refractivity contribution in [1.29, 1.82) is 0 Å². The van der Waals surface area contributed by atoms with Crippen molar-refractivity contribution in [3.63, 3.8) is 0 Å². The standard InChI is InChI=1S/C16H16FNO3/c1-11(2)12-5-3-7-14(9-12)21-10-13-6-4-8-15(16(13)17)18(19)20/h3-9,11H,10H2,1-2H3. The molecular weight excluding hydrogens is 273 g/mol. The molecule has 5 heteroatoms. The fourth-order valence-electron chi connectivity index (χ4n) is 1.94. The minimum atomic E-state index is -0.845. The van der Waals surface area contributed by atoms with Gasteiger partial charge in [-0.3, -0.25) is 10.1 Å². The third-order valence-corrected chi connectivity index (χ3v) is 3.17. The van der Waals surface area contributed by atoms with Crippen LogP contribution in [0.15, 0.2) is 42.5 Å². The molecule has 2 aromatic carbocycles. The Balaban J connectivity index is 2.15. The summed E-state index contributed by atoms with van der Waals surface area (Å²) in [5.41, 5.74) is 0.748. The van der Waals surface area contributed by atoms with Crippen molar-refractivity contribution in [2.24, 2.45) is 0 Å². The Morgan fingerprint density at radius 1 is 1.24 bits per heavy atom. The van der Waals surface area contributed by atoms with Crippen molar-refractivity contribution in [1.82, 2.24) is 0 Å². The molecule has 0 heterocycles. The summed E-state index contributed by atoms with van der Waals surface area (Å²) in [5, 5.41) is 10.7. The zero-order chi connectivity index (χ0) is 15.4. The van der Waals surface area contributed by atoms with Crippen LogP contribution in [-0.4, -0.2) is 4.92 Å².